The zero-order valence-electron chi connectivity index (χ0n) is 17.9. The number of carbonyl (C=O) groups excluding carboxylic acids is 1. The number of carbonyl (C=O) groups is 1. The lowest BCUT2D eigenvalue weighted by molar-refractivity contribution is -0.140. The lowest BCUT2D eigenvalue weighted by atomic mass is 9.88. The highest BCUT2D eigenvalue weighted by molar-refractivity contribution is 7.92. The van der Waals surface area contributed by atoms with Gasteiger partial charge in [0.2, 0.25) is 10.0 Å². The van der Waals surface area contributed by atoms with Crippen molar-refractivity contribution in [1.82, 2.24) is 9.62 Å². The number of nitrogens with zero attached hydrogens (tertiary/aromatic N) is 2. The molecule has 11 heteroatoms. The van der Waals surface area contributed by atoms with Crippen LogP contribution in [0.15, 0.2) is 28.6 Å². The minimum Gasteiger partial charge on any atom is -0.312 e. The maximum absolute atomic E-state index is 13.7. The number of aliphatic imine (C=N–C) groups is 1. The van der Waals surface area contributed by atoms with Crippen molar-refractivity contribution in [2.45, 2.75) is 56.7 Å². The van der Waals surface area contributed by atoms with Gasteiger partial charge in [-0.15, -0.1) is 0 Å². The van der Waals surface area contributed by atoms with Gasteiger partial charge in [-0.05, 0) is 43.4 Å². The monoisotopic (exact) mass is 487 g/mol. The number of benzene rings is 1. The Hall–Kier alpha value is -2.27. The third-order valence-electron chi connectivity index (χ3n) is 6.65. The fourth-order valence-electron chi connectivity index (χ4n) is 4.78. The molecule has 1 amide bonds. The molecule has 1 aromatic carbocycles. The fraction of sp³-hybridized carbons (Fsp3) is 0.545. The van der Waals surface area contributed by atoms with Crippen LogP contribution in [-0.2, 0) is 21.0 Å². The van der Waals surface area contributed by atoms with Crippen LogP contribution in [0.1, 0.15) is 56.1 Å². The molecule has 0 aromatic heterocycles. The third-order valence-corrected chi connectivity index (χ3v) is 8.21. The van der Waals surface area contributed by atoms with Crippen molar-refractivity contribution in [3.05, 3.63) is 40.6 Å². The number of rotatable bonds is 4. The number of piperidine rings is 1. The molecule has 1 aromatic rings. The van der Waals surface area contributed by atoms with Gasteiger partial charge in [0.05, 0.1) is 5.56 Å². The van der Waals surface area contributed by atoms with Gasteiger partial charge in [0, 0.05) is 24.4 Å². The molecule has 1 saturated carbocycles. The number of amidine groups is 1. The van der Waals surface area contributed by atoms with Crippen LogP contribution < -0.4 is 5.32 Å². The molecule has 1 spiro atoms. The highest BCUT2D eigenvalue weighted by atomic mass is 32.2. The van der Waals surface area contributed by atoms with Crippen LogP contribution in [0.5, 0.6) is 0 Å². The Balaban J connectivity index is 1.47. The Morgan fingerprint density at radius 1 is 1.12 bits per heavy atom. The van der Waals surface area contributed by atoms with Crippen LogP contribution in [-0.4, -0.2) is 43.1 Å². The average molecular weight is 488 g/mol. The predicted molar refractivity (Wildman–Crippen MR) is 115 cm³/mol. The van der Waals surface area contributed by atoms with E-state index < -0.39 is 38.7 Å². The molecule has 0 radical (unpaired) electrons. The Labute approximate surface area is 189 Å². The fourth-order valence-corrected chi connectivity index (χ4v) is 5.97. The third kappa shape index (κ3) is 4.84. The molecule has 0 unspecified atom stereocenters. The van der Waals surface area contributed by atoms with Gasteiger partial charge in [-0.2, -0.15) is 17.5 Å². The van der Waals surface area contributed by atoms with E-state index in [-0.39, 0.29) is 37.8 Å². The van der Waals surface area contributed by atoms with Gasteiger partial charge in [-0.3, -0.25) is 9.79 Å². The summed E-state index contributed by atoms with van der Waals surface area (Å²) in [4.78, 5) is 17.4. The maximum atomic E-state index is 13.7. The number of amides is 1. The number of nitrogens with one attached hydrogen (secondary N) is 1. The molecule has 180 valence electrons. The highest BCUT2D eigenvalue weighted by Gasteiger charge is 2.48. The highest BCUT2D eigenvalue weighted by Crippen LogP contribution is 2.36. The SMILES string of the molecule is O=C1NC(C2CCCCC2)=NC12CCN(S(=O)(=O)C=Cc1cccc(F)c1C(F)(F)F)CC2. The van der Waals surface area contributed by atoms with Gasteiger partial charge in [-0.25, -0.2) is 12.8 Å². The van der Waals surface area contributed by atoms with Crippen molar-refractivity contribution >= 4 is 27.8 Å². The van der Waals surface area contributed by atoms with Gasteiger partial charge in [-0.1, -0.05) is 31.4 Å². The summed E-state index contributed by atoms with van der Waals surface area (Å²) < 4.78 is 79.8. The van der Waals surface area contributed by atoms with Crippen molar-refractivity contribution in [1.29, 1.82) is 0 Å². The van der Waals surface area contributed by atoms with Crippen molar-refractivity contribution in [3.63, 3.8) is 0 Å². The summed E-state index contributed by atoms with van der Waals surface area (Å²) in [6.45, 7) is 0.0215. The zero-order valence-corrected chi connectivity index (χ0v) is 18.7. The average Bonchev–Trinajstić information content (AvgIpc) is 3.08. The smallest absolute Gasteiger partial charge is 0.312 e. The topological polar surface area (TPSA) is 78.8 Å². The number of sulfonamides is 1. The second kappa shape index (κ2) is 8.83. The number of hydrogen-bond acceptors (Lipinski definition) is 4. The predicted octanol–water partition coefficient (Wildman–Crippen LogP) is 4.09. The van der Waals surface area contributed by atoms with Gasteiger partial charge in [0.25, 0.3) is 5.91 Å². The van der Waals surface area contributed by atoms with E-state index in [1.807, 2.05) is 0 Å². The van der Waals surface area contributed by atoms with Crippen molar-refractivity contribution in [3.8, 4) is 0 Å². The van der Waals surface area contributed by atoms with Crippen LogP contribution in [0.25, 0.3) is 6.08 Å². The molecule has 3 aliphatic rings. The molecule has 4 rings (SSSR count). The summed E-state index contributed by atoms with van der Waals surface area (Å²) in [7, 11) is -4.07. The van der Waals surface area contributed by atoms with Gasteiger partial charge >= 0.3 is 6.18 Å². The Morgan fingerprint density at radius 3 is 2.42 bits per heavy atom. The molecular weight excluding hydrogens is 462 g/mol. The van der Waals surface area contributed by atoms with Crippen molar-refractivity contribution in [2.24, 2.45) is 10.9 Å². The summed E-state index contributed by atoms with van der Waals surface area (Å²) in [5, 5.41) is 3.55. The first-order chi connectivity index (χ1) is 15.5. The summed E-state index contributed by atoms with van der Waals surface area (Å²) in [6.07, 6.45) is 1.47. The van der Waals surface area contributed by atoms with E-state index >= 15 is 0 Å². The molecule has 1 N–H and O–H groups in total. The lowest BCUT2D eigenvalue weighted by Gasteiger charge is -2.34. The minimum absolute atomic E-state index is 0.0107. The standard InChI is InChI=1S/C22H25F4N3O3S/c23-17-8-4-7-15(18(17)22(24,25)26)9-14-33(31,32)29-12-10-21(11-13-29)20(30)27-19(28-21)16-5-2-1-3-6-16/h4,7-9,14,16H,1-3,5-6,10-13H2,(H,27,28,30). The Kier molecular flexibility index (Phi) is 6.38. The summed E-state index contributed by atoms with van der Waals surface area (Å²) in [5.74, 6) is -0.770. The van der Waals surface area contributed by atoms with Crippen LogP contribution in [0.3, 0.4) is 0 Å². The molecule has 6 nitrogen and oxygen atoms in total. The van der Waals surface area contributed by atoms with E-state index in [9.17, 15) is 30.8 Å². The van der Waals surface area contributed by atoms with Crippen LogP contribution >= 0.6 is 0 Å². The summed E-state index contributed by atoms with van der Waals surface area (Å²) >= 11 is 0. The molecule has 0 atom stereocenters. The normalized spacial score (nSPS) is 22.7. The molecule has 1 aliphatic carbocycles. The molecule has 2 aliphatic heterocycles. The second-order valence-electron chi connectivity index (χ2n) is 8.77. The molecule has 0 bridgehead atoms. The van der Waals surface area contributed by atoms with Crippen LogP contribution in [0.2, 0.25) is 0 Å². The molecule has 33 heavy (non-hydrogen) atoms. The van der Waals surface area contributed by atoms with E-state index in [2.05, 4.69) is 5.32 Å². The number of halogens is 4. The quantitative estimate of drug-likeness (QED) is 0.650. The second-order valence-corrected chi connectivity index (χ2v) is 10.6. The molecule has 2 heterocycles. The summed E-state index contributed by atoms with van der Waals surface area (Å²) in [6, 6.07) is 2.77. The number of alkyl halides is 3. The van der Waals surface area contributed by atoms with Crippen molar-refractivity contribution < 1.29 is 30.8 Å². The first-order valence-electron chi connectivity index (χ1n) is 11.0. The van der Waals surface area contributed by atoms with Crippen molar-refractivity contribution in [2.75, 3.05) is 13.1 Å². The van der Waals surface area contributed by atoms with Crippen LogP contribution in [0, 0.1) is 11.7 Å². The molecular formula is C22H25F4N3O3S. The summed E-state index contributed by atoms with van der Waals surface area (Å²) in [5.41, 5.74) is -3.08. The van der Waals surface area contributed by atoms with E-state index in [1.54, 1.807) is 0 Å². The largest absolute Gasteiger partial charge is 0.419 e. The first kappa shape index (κ1) is 23.9. The lowest BCUT2D eigenvalue weighted by Crippen LogP contribution is -2.50. The Morgan fingerprint density at radius 2 is 1.79 bits per heavy atom. The molecule has 2 fully saturated rings. The van der Waals surface area contributed by atoms with Gasteiger partial charge in [0.15, 0.2) is 0 Å². The maximum Gasteiger partial charge on any atom is 0.419 e. The van der Waals surface area contributed by atoms with E-state index in [4.69, 9.17) is 4.99 Å². The van der Waals surface area contributed by atoms with E-state index in [1.165, 1.54) is 6.42 Å². The van der Waals surface area contributed by atoms with E-state index in [0.29, 0.717) is 17.3 Å². The zero-order chi connectivity index (χ0) is 23.9. The van der Waals surface area contributed by atoms with Gasteiger partial charge in [0.1, 0.15) is 17.2 Å². The Bertz CT molecular complexity index is 1080. The van der Waals surface area contributed by atoms with E-state index in [0.717, 1.165) is 48.2 Å². The molecule has 1 saturated heterocycles. The first-order valence-corrected chi connectivity index (χ1v) is 12.5. The van der Waals surface area contributed by atoms with Crippen LogP contribution in [0.4, 0.5) is 17.6 Å². The van der Waals surface area contributed by atoms with Gasteiger partial charge < -0.3 is 5.32 Å². The number of hydrogen-bond donors (Lipinski definition) is 1. The minimum atomic E-state index is -4.96.